The van der Waals surface area contributed by atoms with Crippen molar-refractivity contribution < 1.29 is 33.3 Å². The van der Waals surface area contributed by atoms with E-state index in [0.29, 0.717) is 36.0 Å². The number of amides is 1. The Kier molecular flexibility index (Phi) is 7.24. The van der Waals surface area contributed by atoms with Gasteiger partial charge in [-0.3, -0.25) is 14.5 Å². The largest absolute Gasteiger partial charge is 0.507 e. The third-order valence-electron chi connectivity index (χ3n) is 5.78. The number of benzene rings is 3. The molecule has 0 saturated carbocycles. The molecule has 1 aliphatic heterocycles. The van der Waals surface area contributed by atoms with Crippen LogP contribution in [0.1, 0.15) is 31.0 Å². The Balaban J connectivity index is 1.94. The highest BCUT2D eigenvalue weighted by molar-refractivity contribution is 6.51. The molecule has 1 fully saturated rings. The van der Waals surface area contributed by atoms with Crippen molar-refractivity contribution in [3.8, 4) is 17.2 Å². The second kappa shape index (κ2) is 10.5. The number of rotatable bonds is 8. The van der Waals surface area contributed by atoms with Gasteiger partial charge in [0.2, 0.25) is 0 Å². The van der Waals surface area contributed by atoms with Crippen molar-refractivity contribution in [3.63, 3.8) is 0 Å². The third-order valence-corrected chi connectivity index (χ3v) is 5.78. The molecule has 0 aromatic heterocycles. The number of hydrogen-bond acceptors (Lipinski definition) is 6. The Morgan fingerprint density at radius 2 is 1.64 bits per heavy atom. The van der Waals surface area contributed by atoms with Crippen LogP contribution in [0, 0.1) is 5.82 Å². The lowest BCUT2D eigenvalue weighted by Gasteiger charge is -2.25. The van der Waals surface area contributed by atoms with Crippen LogP contribution in [-0.4, -0.2) is 37.1 Å². The van der Waals surface area contributed by atoms with Gasteiger partial charge in [-0.05, 0) is 61.9 Å². The molecule has 3 aromatic carbocycles. The molecule has 3 aromatic rings. The van der Waals surface area contributed by atoms with Crippen LogP contribution in [-0.2, 0) is 9.59 Å². The van der Waals surface area contributed by atoms with Crippen molar-refractivity contribution in [2.45, 2.75) is 19.9 Å². The molecule has 7 nitrogen and oxygen atoms in total. The minimum atomic E-state index is -1.02. The Morgan fingerprint density at radius 3 is 2.28 bits per heavy atom. The lowest BCUT2D eigenvalue weighted by Crippen LogP contribution is -2.29. The highest BCUT2D eigenvalue weighted by Crippen LogP contribution is 2.44. The van der Waals surface area contributed by atoms with E-state index < -0.39 is 29.3 Å². The highest BCUT2D eigenvalue weighted by atomic mass is 19.1. The van der Waals surface area contributed by atoms with E-state index >= 15 is 0 Å². The first-order chi connectivity index (χ1) is 17.4. The van der Waals surface area contributed by atoms with E-state index in [1.54, 1.807) is 49.4 Å². The molecular weight excluding hydrogens is 465 g/mol. The van der Waals surface area contributed by atoms with Gasteiger partial charge in [0.05, 0.1) is 37.5 Å². The van der Waals surface area contributed by atoms with Crippen LogP contribution < -0.4 is 19.1 Å². The first kappa shape index (κ1) is 24.8. The monoisotopic (exact) mass is 491 g/mol. The average molecular weight is 492 g/mol. The molecule has 1 atom stereocenters. The number of hydrogen-bond donors (Lipinski definition) is 1. The van der Waals surface area contributed by atoms with Gasteiger partial charge in [0.25, 0.3) is 11.7 Å². The Morgan fingerprint density at radius 1 is 0.944 bits per heavy atom. The number of anilines is 1. The molecule has 0 bridgehead atoms. The number of ether oxygens (including phenoxy) is 3. The topological polar surface area (TPSA) is 85.3 Å². The molecule has 1 heterocycles. The van der Waals surface area contributed by atoms with Gasteiger partial charge in [0.15, 0.2) is 0 Å². The fourth-order valence-electron chi connectivity index (χ4n) is 4.20. The maximum Gasteiger partial charge on any atom is 0.300 e. The first-order valence-corrected chi connectivity index (χ1v) is 11.5. The van der Waals surface area contributed by atoms with E-state index in [-0.39, 0.29) is 16.8 Å². The molecule has 1 amide bonds. The van der Waals surface area contributed by atoms with E-state index in [1.807, 2.05) is 6.92 Å². The maximum atomic E-state index is 14.1. The van der Waals surface area contributed by atoms with Gasteiger partial charge in [-0.15, -0.1) is 0 Å². The fourth-order valence-corrected chi connectivity index (χ4v) is 4.20. The zero-order chi connectivity index (χ0) is 25.8. The summed E-state index contributed by atoms with van der Waals surface area (Å²) in [5.41, 5.74) is 0.814. The van der Waals surface area contributed by atoms with E-state index in [0.717, 1.165) is 0 Å². The molecule has 0 spiro atoms. The van der Waals surface area contributed by atoms with Gasteiger partial charge in [0, 0.05) is 11.8 Å². The fraction of sp³-hybridized carbons (Fsp3) is 0.214. The van der Waals surface area contributed by atoms with Crippen LogP contribution in [0.4, 0.5) is 10.1 Å². The van der Waals surface area contributed by atoms with Crippen LogP contribution in [0.5, 0.6) is 17.2 Å². The quantitative estimate of drug-likeness (QED) is 0.263. The highest BCUT2D eigenvalue weighted by Gasteiger charge is 2.47. The summed E-state index contributed by atoms with van der Waals surface area (Å²) >= 11 is 0. The molecule has 0 aliphatic carbocycles. The molecule has 36 heavy (non-hydrogen) atoms. The predicted octanol–water partition coefficient (Wildman–Crippen LogP) is 5.26. The summed E-state index contributed by atoms with van der Waals surface area (Å²) < 4.78 is 30.6. The average Bonchev–Trinajstić information content (AvgIpc) is 3.14. The molecular formula is C28H26FNO6. The van der Waals surface area contributed by atoms with Crippen LogP contribution in [0.15, 0.2) is 72.3 Å². The lowest BCUT2D eigenvalue weighted by atomic mass is 9.94. The van der Waals surface area contributed by atoms with Crippen molar-refractivity contribution in [1.82, 2.24) is 0 Å². The number of carbonyl (C=O) groups is 2. The van der Waals surface area contributed by atoms with Gasteiger partial charge in [0.1, 0.15) is 28.8 Å². The number of ketones is 1. The summed E-state index contributed by atoms with van der Waals surface area (Å²) in [4.78, 5) is 27.8. The molecule has 1 aliphatic rings. The normalized spacial score (nSPS) is 16.8. The van der Waals surface area contributed by atoms with E-state index in [4.69, 9.17) is 14.2 Å². The van der Waals surface area contributed by atoms with Crippen molar-refractivity contribution in [1.29, 1.82) is 0 Å². The second-order valence-electron chi connectivity index (χ2n) is 7.95. The third kappa shape index (κ3) is 4.62. The first-order valence-electron chi connectivity index (χ1n) is 11.5. The van der Waals surface area contributed by atoms with E-state index in [1.165, 1.54) is 36.3 Å². The number of Topliss-reactive ketones (excluding diaryl/α,β-unsaturated/α-hetero) is 1. The second-order valence-corrected chi connectivity index (χ2v) is 7.95. The molecule has 0 radical (unpaired) electrons. The molecule has 1 N–H and O–H groups in total. The molecule has 1 unspecified atom stereocenters. The minimum absolute atomic E-state index is 0.139. The van der Waals surface area contributed by atoms with Crippen molar-refractivity contribution in [2.24, 2.45) is 0 Å². The Hall–Kier alpha value is -4.33. The molecule has 186 valence electrons. The number of carbonyl (C=O) groups excluding carboxylic acids is 2. The van der Waals surface area contributed by atoms with Gasteiger partial charge in [-0.1, -0.05) is 18.2 Å². The molecule has 8 heteroatoms. The van der Waals surface area contributed by atoms with Crippen molar-refractivity contribution in [2.75, 3.05) is 25.2 Å². The standard InChI is InChI=1S/C28H26FNO6/c1-4-35-21-13-14-22(23(16-21)36-5-2)26(31)24-25(17-9-11-20(34-3)12-10-17)30(28(33)27(24)32)19-8-6-7-18(29)15-19/h6-16,25,31H,4-5H2,1-3H3/b26-24-. The summed E-state index contributed by atoms with van der Waals surface area (Å²) in [6.07, 6.45) is 0. The van der Waals surface area contributed by atoms with E-state index in [2.05, 4.69) is 0 Å². The number of nitrogens with zero attached hydrogens (tertiary/aromatic N) is 1. The summed E-state index contributed by atoms with van der Waals surface area (Å²) in [6.45, 7) is 4.37. The number of methoxy groups -OCH3 is 1. The smallest absolute Gasteiger partial charge is 0.300 e. The summed E-state index contributed by atoms with van der Waals surface area (Å²) in [6, 6.07) is 16.0. The molecule has 1 saturated heterocycles. The zero-order valence-corrected chi connectivity index (χ0v) is 20.2. The molecule has 4 rings (SSSR count). The number of halogens is 1. The summed E-state index contributed by atoms with van der Waals surface area (Å²) in [5, 5.41) is 11.4. The summed E-state index contributed by atoms with van der Waals surface area (Å²) in [5.74, 6) is -1.34. The van der Waals surface area contributed by atoms with E-state index in [9.17, 15) is 19.1 Å². The van der Waals surface area contributed by atoms with Crippen LogP contribution in [0.25, 0.3) is 5.76 Å². The van der Waals surface area contributed by atoms with Crippen molar-refractivity contribution in [3.05, 3.63) is 89.2 Å². The van der Waals surface area contributed by atoms with Crippen LogP contribution >= 0.6 is 0 Å². The Bertz CT molecular complexity index is 1320. The van der Waals surface area contributed by atoms with Crippen molar-refractivity contribution >= 4 is 23.1 Å². The maximum absolute atomic E-state index is 14.1. The zero-order valence-electron chi connectivity index (χ0n) is 20.2. The van der Waals surface area contributed by atoms with Gasteiger partial charge in [-0.25, -0.2) is 4.39 Å². The Labute approximate surface area is 208 Å². The van der Waals surface area contributed by atoms with Gasteiger partial charge in [-0.2, -0.15) is 0 Å². The minimum Gasteiger partial charge on any atom is -0.507 e. The van der Waals surface area contributed by atoms with Gasteiger partial charge < -0.3 is 19.3 Å². The number of aliphatic hydroxyl groups excluding tert-OH is 1. The lowest BCUT2D eigenvalue weighted by molar-refractivity contribution is -0.132. The van der Waals surface area contributed by atoms with Crippen LogP contribution in [0.2, 0.25) is 0 Å². The SMILES string of the molecule is CCOc1ccc(/C(O)=C2/C(=O)C(=O)N(c3cccc(F)c3)C2c2ccc(OC)cc2)c(OCC)c1. The van der Waals surface area contributed by atoms with Crippen LogP contribution in [0.3, 0.4) is 0 Å². The number of aliphatic hydroxyl groups is 1. The predicted molar refractivity (Wildman–Crippen MR) is 133 cm³/mol. The summed E-state index contributed by atoms with van der Waals surface area (Å²) in [7, 11) is 1.52. The van der Waals surface area contributed by atoms with Gasteiger partial charge >= 0.3 is 0 Å².